The number of aryl methyl sites for hydroxylation is 1. The van der Waals surface area contributed by atoms with Crippen LogP contribution >= 0.6 is 0 Å². The molecule has 1 aromatic rings. The van der Waals surface area contributed by atoms with Crippen LogP contribution < -0.4 is 5.73 Å². The SMILES string of the molecule is Cc1cc(C(F)(F)F)nn1CC1CCC(N)CC1. The molecule has 0 bridgehead atoms. The van der Waals surface area contributed by atoms with Crippen molar-refractivity contribution >= 4 is 0 Å². The number of rotatable bonds is 2. The monoisotopic (exact) mass is 261 g/mol. The molecule has 6 heteroatoms. The Morgan fingerprint density at radius 1 is 1.33 bits per heavy atom. The molecule has 2 rings (SSSR count). The average Bonchev–Trinajstić information content (AvgIpc) is 2.63. The van der Waals surface area contributed by atoms with Crippen LogP contribution in [-0.4, -0.2) is 15.8 Å². The summed E-state index contributed by atoms with van der Waals surface area (Å²) in [4.78, 5) is 0. The molecule has 0 unspecified atom stereocenters. The Labute approximate surface area is 104 Å². The fourth-order valence-corrected chi connectivity index (χ4v) is 2.45. The number of hydrogen-bond donors (Lipinski definition) is 1. The number of halogens is 3. The van der Waals surface area contributed by atoms with Gasteiger partial charge in [-0.1, -0.05) is 0 Å². The smallest absolute Gasteiger partial charge is 0.328 e. The van der Waals surface area contributed by atoms with E-state index in [4.69, 9.17) is 5.73 Å². The van der Waals surface area contributed by atoms with E-state index in [1.807, 2.05) is 0 Å². The van der Waals surface area contributed by atoms with Crippen LogP contribution in [0.2, 0.25) is 0 Å². The highest BCUT2D eigenvalue weighted by atomic mass is 19.4. The lowest BCUT2D eigenvalue weighted by molar-refractivity contribution is -0.141. The van der Waals surface area contributed by atoms with Crippen molar-refractivity contribution in [3.63, 3.8) is 0 Å². The van der Waals surface area contributed by atoms with Crippen LogP contribution in [0.3, 0.4) is 0 Å². The van der Waals surface area contributed by atoms with Gasteiger partial charge in [-0.2, -0.15) is 18.3 Å². The van der Waals surface area contributed by atoms with Crippen molar-refractivity contribution in [1.29, 1.82) is 0 Å². The van der Waals surface area contributed by atoms with Crippen LogP contribution in [0.5, 0.6) is 0 Å². The van der Waals surface area contributed by atoms with E-state index in [0.29, 0.717) is 18.2 Å². The van der Waals surface area contributed by atoms with Gasteiger partial charge >= 0.3 is 6.18 Å². The number of aromatic nitrogens is 2. The first-order valence-corrected chi connectivity index (χ1v) is 6.23. The van der Waals surface area contributed by atoms with E-state index < -0.39 is 11.9 Å². The third-order valence-corrected chi connectivity index (χ3v) is 3.59. The zero-order valence-corrected chi connectivity index (χ0v) is 10.4. The topological polar surface area (TPSA) is 43.8 Å². The molecule has 0 atom stereocenters. The summed E-state index contributed by atoms with van der Waals surface area (Å²) in [6.45, 7) is 2.23. The highest BCUT2D eigenvalue weighted by Crippen LogP contribution is 2.30. The zero-order chi connectivity index (χ0) is 13.3. The lowest BCUT2D eigenvalue weighted by Crippen LogP contribution is -2.28. The Hall–Kier alpha value is -1.04. The van der Waals surface area contributed by atoms with E-state index >= 15 is 0 Å². The summed E-state index contributed by atoms with van der Waals surface area (Å²) in [5.74, 6) is 0.393. The van der Waals surface area contributed by atoms with E-state index in [-0.39, 0.29) is 6.04 Å². The van der Waals surface area contributed by atoms with Crippen LogP contribution in [0.4, 0.5) is 13.2 Å². The molecule has 1 aromatic heterocycles. The Morgan fingerprint density at radius 2 is 1.94 bits per heavy atom. The molecule has 2 N–H and O–H groups in total. The molecule has 18 heavy (non-hydrogen) atoms. The lowest BCUT2D eigenvalue weighted by Gasteiger charge is -2.26. The highest BCUT2D eigenvalue weighted by Gasteiger charge is 2.34. The second-order valence-electron chi connectivity index (χ2n) is 5.13. The minimum atomic E-state index is -4.36. The molecule has 3 nitrogen and oxygen atoms in total. The summed E-state index contributed by atoms with van der Waals surface area (Å²) in [5, 5.41) is 3.65. The first-order chi connectivity index (χ1) is 8.36. The predicted octanol–water partition coefficient (Wildman–Crippen LogP) is 2.73. The second-order valence-corrected chi connectivity index (χ2v) is 5.13. The molecule has 1 heterocycles. The van der Waals surface area contributed by atoms with Crippen molar-refractivity contribution in [2.24, 2.45) is 11.7 Å². The summed E-state index contributed by atoms with van der Waals surface area (Å²) >= 11 is 0. The minimum Gasteiger partial charge on any atom is -0.328 e. The third kappa shape index (κ3) is 3.04. The minimum absolute atomic E-state index is 0.255. The van der Waals surface area contributed by atoms with Crippen molar-refractivity contribution in [3.8, 4) is 0 Å². The van der Waals surface area contributed by atoms with E-state index in [9.17, 15) is 13.2 Å². The van der Waals surface area contributed by atoms with E-state index in [1.165, 1.54) is 4.68 Å². The van der Waals surface area contributed by atoms with Crippen LogP contribution in [0, 0.1) is 12.8 Å². The molecule has 0 spiro atoms. The van der Waals surface area contributed by atoms with Crippen LogP contribution in [0.15, 0.2) is 6.07 Å². The quantitative estimate of drug-likeness (QED) is 0.889. The Bertz CT molecular complexity index is 403. The molecule has 0 saturated heterocycles. The van der Waals surface area contributed by atoms with Crippen LogP contribution in [-0.2, 0) is 12.7 Å². The maximum Gasteiger partial charge on any atom is 0.435 e. The molecule has 1 aliphatic rings. The molecule has 0 aliphatic heterocycles. The van der Waals surface area contributed by atoms with Gasteiger partial charge < -0.3 is 5.73 Å². The summed E-state index contributed by atoms with van der Waals surface area (Å²) in [5.41, 5.74) is 5.58. The summed E-state index contributed by atoms with van der Waals surface area (Å²) in [6, 6.07) is 1.36. The number of alkyl halides is 3. The predicted molar refractivity (Wildman–Crippen MR) is 61.9 cm³/mol. The Kier molecular flexibility index (Phi) is 3.66. The molecule has 0 radical (unpaired) electrons. The number of hydrogen-bond acceptors (Lipinski definition) is 2. The normalized spacial score (nSPS) is 25.4. The van der Waals surface area contributed by atoms with Crippen molar-refractivity contribution in [2.45, 2.75) is 51.4 Å². The molecule has 0 aromatic carbocycles. The molecule has 0 amide bonds. The summed E-state index contributed by atoms with van der Waals surface area (Å²) in [6.07, 6.45) is -0.497. The maximum atomic E-state index is 12.5. The third-order valence-electron chi connectivity index (χ3n) is 3.59. The zero-order valence-electron chi connectivity index (χ0n) is 10.4. The van der Waals surface area contributed by atoms with Crippen molar-refractivity contribution in [2.75, 3.05) is 0 Å². The molecule has 1 saturated carbocycles. The lowest BCUT2D eigenvalue weighted by atomic mass is 9.86. The standard InChI is InChI=1S/C12H18F3N3/c1-8-6-11(12(13,14)15)17-18(8)7-9-2-4-10(16)5-3-9/h6,9-10H,2-5,7,16H2,1H3. The van der Waals surface area contributed by atoms with Gasteiger partial charge in [0, 0.05) is 18.3 Å². The molecule has 1 fully saturated rings. The van der Waals surface area contributed by atoms with Crippen molar-refractivity contribution < 1.29 is 13.2 Å². The Morgan fingerprint density at radius 3 is 2.44 bits per heavy atom. The first kappa shape index (κ1) is 13.4. The van der Waals surface area contributed by atoms with Gasteiger partial charge in [-0.3, -0.25) is 4.68 Å². The molecule has 102 valence electrons. The van der Waals surface area contributed by atoms with E-state index in [2.05, 4.69) is 5.10 Å². The van der Waals surface area contributed by atoms with E-state index in [1.54, 1.807) is 6.92 Å². The van der Waals surface area contributed by atoms with Gasteiger partial charge in [0.2, 0.25) is 0 Å². The molecule has 1 aliphatic carbocycles. The van der Waals surface area contributed by atoms with Crippen LogP contribution in [0.1, 0.15) is 37.1 Å². The average molecular weight is 261 g/mol. The summed E-state index contributed by atoms with van der Waals surface area (Å²) < 4.78 is 39.0. The van der Waals surface area contributed by atoms with Gasteiger partial charge in [0.05, 0.1) is 0 Å². The van der Waals surface area contributed by atoms with Crippen LogP contribution in [0.25, 0.3) is 0 Å². The maximum absolute atomic E-state index is 12.5. The van der Waals surface area contributed by atoms with Gasteiger partial charge in [-0.25, -0.2) is 0 Å². The van der Waals surface area contributed by atoms with Gasteiger partial charge in [-0.05, 0) is 44.6 Å². The molecular formula is C12H18F3N3. The second kappa shape index (κ2) is 4.91. The summed E-state index contributed by atoms with van der Waals surface area (Å²) in [7, 11) is 0. The van der Waals surface area contributed by atoms with Gasteiger partial charge in [-0.15, -0.1) is 0 Å². The largest absolute Gasteiger partial charge is 0.435 e. The number of nitrogens with zero attached hydrogens (tertiary/aromatic N) is 2. The first-order valence-electron chi connectivity index (χ1n) is 6.23. The fraction of sp³-hybridized carbons (Fsp3) is 0.750. The van der Waals surface area contributed by atoms with Crippen molar-refractivity contribution in [3.05, 3.63) is 17.5 Å². The Balaban J connectivity index is 2.03. The van der Waals surface area contributed by atoms with Crippen molar-refractivity contribution in [1.82, 2.24) is 9.78 Å². The number of nitrogens with two attached hydrogens (primary N) is 1. The highest BCUT2D eigenvalue weighted by molar-refractivity contribution is 5.11. The van der Waals surface area contributed by atoms with Gasteiger partial charge in [0.1, 0.15) is 0 Å². The van der Waals surface area contributed by atoms with E-state index in [0.717, 1.165) is 31.7 Å². The fourth-order valence-electron chi connectivity index (χ4n) is 2.45. The van der Waals surface area contributed by atoms with Gasteiger partial charge in [0.15, 0.2) is 5.69 Å². The van der Waals surface area contributed by atoms with Gasteiger partial charge in [0.25, 0.3) is 0 Å². The molecular weight excluding hydrogens is 243 g/mol.